The summed E-state index contributed by atoms with van der Waals surface area (Å²) in [5.74, 6) is 0. The number of aryl methyl sites for hydroxylation is 1. The van der Waals surface area contributed by atoms with Gasteiger partial charge < -0.3 is 0 Å². The van der Waals surface area contributed by atoms with Gasteiger partial charge in [-0.05, 0) is 52.5 Å². The predicted octanol–water partition coefficient (Wildman–Crippen LogP) is 5.11. The van der Waals surface area contributed by atoms with E-state index < -0.39 is 9.84 Å². The van der Waals surface area contributed by atoms with Crippen LogP contribution in [0.2, 0.25) is 0 Å². The Balaban J connectivity index is 2.59. The summed E-state index contributed by atoms with van der Waals surface area (Å²) in [6.45, 7) is 5.65. The Bertz CT molecular complexity index is 789. The highest BCUT2D eigenvalue weighted by molar-refractivity contribution is 9.13. The Morgan fingerprint density at radius 3 is 2.23 bits per heavy atom. The third kappa shape index (κ3) is 3.57. The summed E-state index contributed by atoms with van der Waals surface area (Å²) in [6.07, 6.45) is 2.17. The van der Waals surface area contributed by atoms with Gasteiger partial charge in [0.15, 0.2) is 0 Å². The molecule has 0 saturated heterocycles. The lowest BCUT2D eigenvalue weighted by Gasteiger charge is -2.11. The van der Waals surface area contributed by atoms with E-state index in [0.29, 0.717) is 12.0 Å². The second-order valence-corrected chi connectivity index (χ2v) is 8.13. The number of benzene rings is 2. The molecule has 4 heteroatoms. The Kier molecular flexibility index (Phi) is 5.37. The zero-order valence-electron chi connectivity index (χ0n) is 12.3. The lowest BCUT2D eigenvalue weighted by molar-refractivity contribution is 0.604. The van der Waals surface area contributed by atoms with Gasteiger partial charge in [-0.15, -0.1) is 6.58 Å². The van der Waals surface area contributed by atoms with Crippen molar-refractivity contribution >= 4 is 31.3 Å². The first-order valence-electron chi connectivity index (χ1n) is 6.83. The summed E-state index contributed by atoms with van der Waals surface area (Å²) in [7, 11) is -3.58. The van der Waals surface area contributed by atoms with Gasteiger partial charge in [-0.1, -0.05) is 54.1 Å². The van der Waals surface area contributed by atoms with Crippen LogP contribution in [-0.4, -0.2) is 8.42 Å². The van der Waals surface area contributed by atoms with E-state index in [0.717, 1.165) is 11.1 Å². The Labute approximate surface area is 140 Å². The average molecular weight is 377 g/mol. The van der Waals surface area contributed by atoms with E-state index in [4.69, 9.17) is 0 Å². The molecule has 0 atom stereocenters. The molecule has 2 rings (SSSR count). The minimum Gasteiger partial charge on any atom is -0.218 e. The van der Waals surface area contributed by atoms with Crippen LogP contribution in [0.3, 0.4) is 0 Å². The van der Waals surface area contributed by atoms with Gasteiger partial charge in [-0.3, -0.25) is 0 Å². The molecule has 0 fully saturated rings. The first kappa shape index (κ1) is 16.7. The molecule has 0 aliphatic carbocycles. The van der Waals surface area contributed by atoms with Crippen LogP contribution in [0.15, 0.2) is 76.0 Å². The second kappa shape index (κ2) is 7.07. The smallest absolute Gasteiger partial charge is 0.213 e. The molecule has 22 heavy (non-hydrogen) atoms. The summed E-state index contributed by atoms with van der Waals surface area (Å²) >= 11 is 3.30. The van der Waals surface area contributed by atoms with Crippen molar-refractivity contribution < 1.29 is 8.42 Å². The number of hydrogen-bond donors (Lipinski definition) is 0. The summed E-state index contributed by atoms with van der Waals surface area (Å²) in [5, 5.41) is 0. The average Bonchev–Trinajstić information content (AvgIpc) is 2.53. The van der Waals surface area contributed by atoms with Gasteiger partial charge in [0.1, 0.15) is 3.81 Å². The summed E-state index contributed by atoms with van der Waals surface area (Å²) in [6, 6.07) is 16.3. The molecule has 2 aromatic rings. The van der Waals surface area contributed by atoms with Gasteiger partial charge in [-0.25, -0.2) is 8.42 Å². The summed E-state index contributed by atoms with van der Waals surface area (Å²) in [4.78, 5) is 0.280. The topological polar surface area (TPSA) is 34.1 Å². The summed E-state index contributed by atoms with van der Waals surface area (Å²) in [5.41, 5.74) is 2.59. The van der Waals surface area contributed by atoms with Crippen LogP contribution in [0, 0.1) is 6.92 Å². The van der Waals surface area contributed by atoms with Crippen molar-refractivity contribution in [3.8, 4) is 0 Å². The number of hydrogen-bond acceptors (Lipinski definition) is 2. The van der Waals surface area contributed by atoms with Gasteiger partial charge in [0.05, 0.1) is 4.90 Å². The zero-order chi connectivity index (χ0) is 16.2. The Morgan fingerprint density at radius 2 is 1.68 bits per heavy atom. The first-order chi connectivity index (χ1) is 10.5. The number of allylic oxidation sites excluding steroid dienone is 2. The van der Waals surface area contributed by atoms with Crippen molar-refractivity contribution in [2.75, 3.05) is 0 Å². The molecular weight excluding hydrogens is 360 g/mol. The van der Waals surface area contributed by atoms with Gasteiger partial charge in [0.2, 0.25) is 9.84 Å². The lowest BCUT2D eigenvalue weighted by atomic mass is 10.1. The maximum atomic E-state index is 12.8. The predicted molar refractivity (Wildman–Crippen MR) is 95.5 cm³/mol. The van der Waals surface area contributed by atoms with Crippen LogP contribution in [0.25, 0.3) is 5.57 Å². The highest BCUT2D eigenvalue weighted by Crippen LogP contribution is 2.33. The maximum Gasteiger partial charge on any atom is 0.213 e. The van der Waals surface area contributed by atoms with Gasteiger partial charge in [0, 0.05) is 0 Å². The number of sulfone groups is 1. The van der Waals surface area contributed by atoms with Crippen molar-refractivity contribution in [3.63, 3.8) is 0 Å². The quantitative estimate of drug-likeness (QED) is 0.679. The van der Waals surface area contributed by atoms with Gasteiger partial charge >= 0.3 is 0 Å². The standard InChI is InChI=1S/C18H17BrO2S/c1-3-7-17(15-8-5-4-6-9-15)18(19)22(20,21)16-12-10-14(2)11-13-16/h3-6,8-13H,1,7H2,2H3/b18-17-. The molecule has 2 nitrogen and oxygen atoms in total. The van der Waals surface area contributed by atoms with Crippen LogP contribution in [-0.2, 0) is 9.84 Å². The molecule has 0 heterocycles. The fraction of sp³-hybridized carbons (Fsp3) is 0.111. The molecule has 0 aliphatic rings. The Hall–Kier alpha value is -1.65. The van der Waals surface area contributed by atoms with E-state index in [1.54, 1.807) is 30.3 Å². The molecule has 2 aromatic carbocycles. The zero-order valence-corrected chi connectivity index (χ0v) is 14.7. The van der Waals surface area contributed by atoms with Crippen LogP contribution < -0.4 is 0 Å². The second-order valence-electron chi connectivity index (χ2n) is 4.93. The van der Waals surface area contributed by atoms with Crippen molar-refractivity contribution in [1.82, 2.24) is 0 Å². The Morgan fingerprint density at radius 1 is 1.09 bits per heavy atom. The van der Waals surface area contributed by atoms with Gasteiger partial charge in [-0.2, -0.15) is 0 Å². The van der Waals surface area contributed by atoms with Crippen molar-refractivity contribution in [2.45, 2.75) is 18.2 Å². The third-order valence-electron chi connectivity index (χ3n) is 3.28. The maximum absolute atomic E-state index is 12.8. The first-order valence-corrected chi connectivity index (χ1v) is 9.11. The molecule has 0 unspecified atom stereocenters. The minimum absolute atomic E-state index is 0.190. The van der Waals surface area contributed by atoms with E-state index in [-0.39, 0.29) is 8.71 Å². The fourth-order valence-electron chi connectivity index (χ4n) is 2.08. The molecule has 0 aromatic heterocycles. The fourth-order valence-corrected chi connectivity index (χ4v) is 4.26. The molecule has 0 saturated carbocycles. The van der Waals surface area contributed by atoms with E-state index in [2.05, 4.69) is 22.5 Å². The molecule has 0 N–H and O–H groups in total. The SMILES string of the molecule is C=CC/C(=C(\Br)S(=O)(=O)c1ccc(C)cc1)c1ccccc1. The highest BCUT2D eigenvalue weighted by Gasteiger charge is 2.22. The third-order valence-corrected chi connectivity index (χ3v) is 6.64. The monoisotopic (exact) mass is 376 g/mol. The van der Waals surface area contributed by atoms with Crippen molar-refractivity contribution in [3.05, 3.63) is 82.2 Å². The summed E-state index contributed by atoms with van der Waals surface area (Å²) < 4.78 is 25.8. The van der Waals surface area contributed by atoms with E-state index in [9.17, 15) is 8.42 Å². The molecule has 0 aliphatic heterocycles. The van der Waals surface area contributed by atoms with Crippen LogP contribution in [0.1, 0.15) is 17.5 Å². The normalized spacial score (nSPS) is 12.6. The lowest BCUT2D eigenvalue weighted by Crippen LogP contribution is -2.03. The number of rotatable bonds is 5. The van der Waals surface area contributed by atoms with Crippen molar-refractivity contribution in [1.29, 1.82) is 0 Å². The molecule has 0 bridgehead atoms. The molecule has 0 radical (unpaired) electrons. The molecule has 0 amide bonds. The van der Waals surface area contributed by atoms with E-state index in [1.807, 2.05) is 37.3 Å². The largest absolute Gasteiger partial charge is 0.218 e. The highest BCUT2D eigenvalue weighted by atomic mass is 79.9. The van der Waals surface area contributed by atoms with E-state index in [1.165, 1.54) is 0 Å². The number of halogens is 1. The molecule has 114 valence electrons. The minimum atomic E-state index is -3.58. The van der Waals surface area contributed by atoms with Crippen molar-refractivity contribution in [2.24, 2.45) is 0 Å². The van der Waals surface area contributed by atoms with E-state index >= 15 is 0 Å². The molecular formula is C18H17BrO2S. The molecule has 0 spiro atoms. The van der Waals surface area contributed by atoms with Crippen LogP contribution in [0.4, 0.5) is 0 Å². The van der Waals surface area contributed by atoms with Gasteiger partial charge in [0.25, 0.3) is 0 Å². The van der Waals surface area contributed by atoms with Crippen LogP contribution in [0.5, 0.6) is 0 Å². The van der Waals surface area contributed by atoms with Crippen LogP contribution >= 0.6 is 15.9 Å².